The van der Waals surface area contributed by atoms with E-state index in [1.165, 1.54) is 0 Å². The number of hydrogen-bond acceptors (Lipinski definition) is 3. The van der Waals surface area contributed by atoms with Crippen LogP contribution < -0.4 is 5.32 Å². The fraction of sp³-hybridized carbons (Fsp3) is 0.533. The van der Waals surface area contributed by atoms with E-state index in [4.69, 9.17) is 0 Å². The van der Waals surface area contributed by atoms with Crippen LogP contribution in [-0.2, 0) is 11.3 Å². The van der Waals surface area contributed by atoms with Gasteiger partial charge in [0.2, 0.25) is 5.91 Å². The third kappa shape index (κ3) is 5.63. The molecule has 1 aliphatic rings. The first-order valence-electron chi connectivity index (χ1n) is 7.06. The van der Waals surface area contributed by atoms with Crippen LogP contribution in [0.2, 0.25) is 0 Å². The van der Waals surface area contributed by atoms with Crippen molar-refractivity contribution in [2.24, 2.45) is 0 Å². The number of benzene rings is 1. The van der Waals surface area contributed by atoms with Gasteiger partial charge in [-0.3, -0.25) is 9.69 Å². The third-order valence-corrected chi connectivity index (χ3v) is 4.19. The molecular weight excluding hydrogens is 294 g/mol. The number of thioether (sulfide) groups is 1. The van der Waals surface area contributed by atoms with Crippen LogP contribution in [0.1, 0.15) is 25.3 Å². The van der Waals surface area contributed by atoms with Crippen molar-refractivity contribution >= 4 is 17.7 Å². The number of nitrogens with zero attached hydrogens (tertiary/aromatic N) is 1. The highest BCUT2D eigenvalue weighted by molar-refractivity contribution is 7.99. The second kappa shape index (κ2) is 7.75. The highest BCUT2D eigenvalue weighted by Crippen LogP contribution is 2.25. The van der Waals surface area contributed by atoms with Crippen LogP contribution in [0.15, 0.2) is 29.2 Å². The number of hydrogen-bond donors (Lipinski definition) is 1. The van der Waals surface area contributed by atoms with Gasteiger partial charge in [-0.1, -0.05) is 23.9 Å². The number of alkyl halides is 2. The molecule has 1 aromatic carbocycles. The van der Waals surface area contributed by atoms with Gasteiger partial charge in [-0.25, -0.2) is 0 Å². The fourth-order valence-corrected chi connectivity index (χ4v) is 3.14. The average molecular weight is 314 g/mol. The fourth-order valence-electron chi connectivity index (χ4n) is 2.64. The van der Waals surface area contributed by atoms with Crippen LogP contribution in [0.25, 0.3) is 0 Å². The Balaban J connectivity index is 1.87. The van der Waals surface area contributed by atoms with Crippen LogP contribution in [0.3, 0.4) is 0 Å². The summed E-state index contributed by atoms with van der Waals surface area (Å²) < 4.78 is 24.5. The number of amides is 1. The first-order chi connectivity index (χ1) is 10.0. The molecule has 0 aliphatic carbocycles. The summed E-state index contributed by atoms with van der Waals surface area (Å²) in [5.41, 5.74) is 1.11. The predicted octanol–water partition coefficient (Wildman–Crippen LogP) is 3.10. The minimum Gasteiger partial charge on any atom is -0.352 e. The minimum absolute atomic E-state index is 0.00947. The molecule has 116 valence electrons. The second-order valence-electron chi connectivity index (χ2n) is 5.30. The van der Waals surface area contributed by atoms with E-state index < -0.39 is 5.76 Å². The van der Waals surface area contributed by atoms with Crippen molar-refractivity contribution in [2.75, 3.05) is 13.1 Å². The molecule has 0 aromatic heterocycles. The summed E-state index contributed by atoms with van der Waals surface area (Å²) >= 11 is 0.566. The van der Waals surface area contributed by atoms with E-state index in [2.05, 4.69) is 10.2 Å². The summed E-state index contributed by atoms with van der Waals surface area (Å²) in [5.74, 6) is -2.37. The van der Waals surface area contributed by atoms with Crippen molar-refractivity contribution in [3.05, 3.63) is 29.8 Å². The van der Waals surface area contributed by atoms with Gasteiger partial charge < -0.3 is 5.32 Å². The van der Waals surface area contributed by atoms with Crippen molar-refractivity contribution in [1.82, 2.24) is 10.2 Å². The normalized spacial score (nSPS) is 19.7. The second-order valence-corrected chi connectivity index (χ2v) is 6.36. The maximum Gasteiger partial charge on any atom is 0.288 e. The summed E-state index contributed by atoms with van der Waals surface area (Å²) in [6, 6.07) is 7.48. The standard InChI is InChI=1S/C15H20F2N2OS/c1-11(20)18-13-3-2-8-19(10-13)9-12-4-6-14(7-5-12)21-15(16)17/h4-7,13,15H,2-3,8-10H2,1H3,(H,18,20)/t13-/m1/s1. The van der Waals surface area contributed by atoms with Crippen molar-refractivity contribution in [1.29, 1.82) is 0 Å². The lowest BCUT2D eigenvalue weighted by atomic mass is 10.0. The summed E-state index contributed by atoms with van der Waals surface area (Å²) in [5, 5.41) is 2.96. The molecule has 0 spiro atoms. The van der Waals surface area contributed by atoms with Crippen LogP contribution >= 0.6 is 11.8 Å². The van der Waals surface area contributed by atoms with Gasteiger partial charge in [-0.15, -0.1) is 0 Å². The first kappa shape index (κ1) is 16.2. The SMILES string of the molecule is CC(=O)N[C@@H]1CCCN(Cc2ccc(SC(F)F)cc2)C1. The Labute approximate surface area is 128 Å². The van der Waals surface area contributed by atoms with Crippen molar-refractivity contribution in [3.8, 4) is 0 Å². The number of nitrogens with one attached hydrogen (secondary N) is 1. The molecule has 1 heterocycles. The summed E-state index contributed by atoms with van der Waals surface area (Å²) in [7, 11) is 0. The van der Waals surface area contributed by atoms with E-state index >= 15 is 0 Å². The number of piperidine rings is 1. The summed E-state index contributed by atoms with van der Waals surface area (Å²) in [6.45, 7) is 4.17. The quantitative estimate of drug-likeness (QED) is 0.848. The molecule has 1 aromatic rings. The molecule has 1 aliphatic heterocycles. The van der Waals surface area contributed by atoms with Gasteiger partial charge >= 0.3 is 0 Å². The number of carbonyl (C=O) groups is 1. The Hall–Kier alpha value is -1.14. The van der Waals surface area contributed by atoms with E-state index in [1.54, 1.807) is 19.1 Å². The van der Waals surface area contributed by atoms with Crippen molar-refractivity contribution in [2.45, 2.75) is 43.0 Å². The Morgan fingerprint density at radius 1 is 1.43 bits per heavy atom. The van der Waals surface area contributed by atoms with Crippen LogP contribution in [-0.4, -0.2) is 35.7 Å². The zero-order valence-electron chi connectivity index (χ0n) is 12.0. The summed E-state index contributed by atoms with van der Waals surface area (Å²) in [4.78, 5) is 14.0. The van der Waals surface area contributed by atoms with E-state index in [0.717, 1.165) is 38.0 Å². The van der Waals surface area contributed by atoms with Gasteiger partial charge in [0, 0.05) is 31.0 Å². The van der Waals surface area contributed by atoms with Crippen LogP contribution in [0.5, 0.6) is 0 Å². The van der Waals surface area contributed by atoms with E-state index in [-0.39, 0.29) is 11.9 Å². The molecule has 6 heteroatoms. The third-order valence-electron chi connectivity index (χ3n) is 3.47. The summed E-state index contributed by atoms with van der Waals surface area (Å²) in [6.07, 6.45) is 2.07. The van der Waals surface area contributed by atoms with Crippen LogP contribution in [0, 0.1) is 0 Å². The molecule has 1 amide bonds. The first-order valence-corrected chi connectivity index (χ1v) is 7.94. The Morgan fingerprint density at radius 2 is 2.14 bits per heavy atom. The zero-order valence-corrected chi connectivity index (χ0v) is 12.8. The van der Waals surface area contributed by atoms with Gasteiger partial charge in [0.25, 0.3) is 5.76 Å². The highest BCUT2D eigenvalue weighted by atomic mass is 32.2. The average Bonchev–Trinajstić information content (AvgIpc) is 2.40. The van der Waals surface area contributed by atoms with Gasteiger partial charge in [0.05, 0.1) is 0 Å². The molecule has 0 saturated carbocycles. The lowest BCUT2D eigenvalue weighted by Crippen LogP contribution is -2.46. The lowest BCUT2D eigenvalue weighted by Gasteiger charge is -2.33. The molecule has 0 unspecified atom stereocenters. The molecule has 1 fully saturated rings. The Kier molecular flexibility index (Phi) is 5.99. The van der Waals surface area contributed by atoms with E-state index in [0.29, 0.717) is 16.7 Å². The molecule has 3 nitrogen and oxygen atoms in total. The number of halogens is 2. The van der Waals surface area contributed by atoms with Gasteiger partial charge in [0.1, 0.15) is 0 Å². The molecule has 1 atom stereocenters. The molecule has 1 N–H and O–H groups in total. The molecule has 2 rings (SSSR count). The largest absolute Gasteiger partial charge is 0.352 e. The van der Waals surface area contributed by atoms with Crippen molar-refractivity contribution in [3.63, 3.8) is 0 Å². The molecule has 21 heavy (non-hydrogen) atoms. The molecule has 0 bridgehead atoms. The van der Waals surface area contributed by atoms with Gasteiger partial charge in [0.15, 0.2) is 0 Å². The van der Waals surface area contributed by atoms with Crippen molar-refractivity contribution < 1.29 is 13.6 Å². The monoisotopic (exact) mass is 314 g/mol. The zero-order chi connectivity index (χ0) is 15.2. The lowest BCUT2D eigenvalue weighted by molar-refractivity contribution is -0.120. The number of carbonyl (C=O) groups excluding carboxylic acids is 1. The maximum atomic E-state index is 12.3. The Morgan fingerprint density at radius 3 is 2.76 bits per heavy atom. The minimum atomic E-state index is -2.38. The maximum absolute atomic E-state index is 12.3. The molecule has 1 saturated heterocycles. The molecular formula is C15H20F2N2OS. The number of rotatable bonds is 5. The smallest absolute Gasteiger partial charge is 0.288 e. The van der Waals surface area contributed by atoms with E-state index in [1.807, 2.05) is 12.1 Å². The van der Waals surface area contributed by atoms with Crippen LogP contribution in [0.4, 0.5) is 8.78 Å². The van der Waals surface area contributed by atoms with Gasteiger partial charge in [-0.05, 0) is 37.1 Å². The highest BCUT2D eigenvalue weighted by Gasteiger charge is 2.20. The van der Waals surface area contributed by atoms with Gasteiger partial charge in [-0.2, -0.15) is 8.78 Å². The predicted molar refractivity (Wildman–Crippen MR) is 80.4 cm³/mol. The van der Waals surface area contributed by atoms with E-state index in [9.17, 15) is 13.6 Å². The Bertz CT molecular complexity index is 467. The number of likely N-dealkylation sites (tertiary alicyclic amines) is 1. The molecule has 0 radical (unpaired) electrons. The topological polar surface area (TPSA) is 32.3 Å².